The molecule has 3 heterocycles. The van der Waals surface area contributed by atoms with E-state index in [0.717, 1.165) is 37.6 Å². The third kappa shape index (κ3) is 3.23. The Hall–Kier alpha value is -3.00. The van der Waals surface area contributed by atoms with Crippen LogP contribution in [0, 0.1) is 12.7 Å². The third-order valence-electron chi connectivity index (χ3n) is 4.38. The lowest BCUT2D eigenvalue weighted by atomic mass is 10.1. The number of amides is 1. The number of nitrogens with one attached hydrogen (secondary N) is 2. The zero-order valence-corrected chi connectivity index (χ0v) is 14.4. The van der Waals surface area contributed by atoms with Crippen molar-refractivity contribution in [2.75, 3.05) is 36.4 Å². The van der Waals surface area contributed by atoms with E-state index in [0.29, 0.717) is 11.5 Å². The van der Waals surface area contributed by atoms with Crippen molar-refractivity contribution in [3.63, 3.8) is 0 Å². The number of piperazine rings is 1. The molecule has 0 atom stereocenters. The Bertz CT molecular complexity index is 963. The number of aryl methyl sites for hydroxylation is 1. The highest BCUT2D eigenvalue weighted by Crippen LogP contribution is 2.20. The van der Waals surface area contributed by atoms with Crippen LogP contribution in [0.3, 0.4) is 0 Å². The average Bonchev–Trinajstić information content (AvgIpc) is 3.01. The van der Waals surface area contributed by atoms with E-state index in [9.17, 15) is 9.18 Å². The summed E-state index contributed by atoms with van der Waals surface area (Å²) in [5.74, 6) is -0.735. The fourth-order valence-corrected chi connectivity index (χ4v) is 3.08. The van der Waals surface area contributed by atoms with Crippen molar-refractivity contribution in [2.45, 2.75) is 6.92 Å². The first-order valence-corrected chi connectivity index (χ1v) is 8.48. The molecule has 2 N–H and O–H groups in total. The van der Waals surface area contributed by atoms with E-state index < -0.39 is 11.7 Å². The van der Waals surface area contributed by atoms with Crippen LogP contribution in [0.25, 0.3) is 5.65 Å². The van der Waals surface area contributed by atoms with E-state index in [1.165, 1.54) is 12.1 Å². The number of aromatic nitrogens is 3. The molecule has 1 aliphatic heterocycles. The van der Waals surface area contributed by atoms with Gasteiger partial charge in [-0.1, -0.05) is 0 Å². The molecule has 1 amide bonds. The summed E-state index contributed by atoms with van der Waals surface area (Å²) >= 11 is 0. The van der Waals surface area contributed by atoms with Crippen molar-refractivity contribution < 1.29 is 9.18 Å². The van der Waals surface area contributed by atoms with Gasteiger partial charge in [0, 0.05) is 38.1 Å². The number of nitrogens with zero attached hydrogens (tertiary/aromatic N) is 4. The normalized spacial score (nSPS) is 14.6. The van der Waals surface area contributed by atoms with Crippen LogP contribution in [0.5, 0.6) is 0 Å². The SMILES string of the molecule is Cc1cn2cc(NC(=O)c3ccc(N4CCNCC4)cc3F)ncc2n1. The van der Waals surface area contributed by atoms with Crippen molar-refractivity contribution >= 4 is 23.1 Å². The van der Waals surface area contributed by atoms with Gasteiger partial charge in [-0.25, -0.2) is 14.4 Å². The number of carbonyl (C=O) groups is 1. The lowest BCUT2D eigenvalue weighted by Gasteiger charge is -2.29. The van der Waals surface area contributed by atoms with Gasteiger partial charge in [-0.15, -0.1) is 0 Å². The first-order valence-electron chi connectivity index (χ1n) is 8.48. The number of imidazole rings is 1. The monoisotopic (exact) mass is 354 g/mol. The van der Waals surface area contributed by atoms with Crippen LogP contribution in [0.4, 0.5) is 15.9 Å². The fraction of sp³-hybridized carbons (Fsp3) is 0.278. The Morgan fingerprint density at radius 2 is 2.08 bits per heavy atom. The summed E-state index contributed by atoms with van der Waals surface area (Å²) in [7, 11) is 0. The number of halogens is 1. The van der Waals surface area contributed by atoms with E-state index in [4.69, 9.17) is 0 Å². The molecular formula is C18H19FN6O. The molecule has 1 aliphatic rings. The molecule has 0 unspecified atom stereocenters. The molecule has 2 aromatic heterocycles. The van der Waals surface area contributed by atoms with Gasteiger partial charge in [-0.05, 0) is 25.1 Å². The molecule has 26 heavy (non-hydrogen) atoms. The highest BCUT2D eigenvalue weighted by atomic mass is 19.1. The first-order chi connectivity index (χ1) is 12.6. The number of hydrogen-bond donors (Lipinski definition) is 2. The predicted molar refractivity (Wildman–Crippen MR) is 97.2 cm³/mol. The Labute approximate surface area is 149 Å². The maximum Gasteiger partial charge on any atom is 0.259 e. The molecular weight excluding hydrogens is 335 g/mol. The van der Waals surface area contributed by atoms with Crippen molar-refractivity contribution in [3.8, 4) is 0 Å². The van der Waals surface area contributed by atoms with Gasteiger partial charge in [0.1, 0.15) is 11.6 Å². The highest BCUT2D eigenvalue weighted by Gasteiger charge is 2.17. The first kappa shape index (κ1) is 16.5. The van der Waals surface area contributed by atoms with Gasteiger partial charge in [-0.3, -0.25) is 4.79 Å². The summed E-state index contributed by atoms with van der Waals surface area (Å²) in [4.78, 5) is 23.0. The minimum absolute atomic E-state index is 0.00686. The van der Waals surface area contributed by atoms with Gasteiger partial charge in [0.25, 0.3) is 5.91 Å². The Morgan fingerprint density at radius 1 is 1.27 bits per heavy atom. The van der Waals surface area contributed by atoms with Gasteiger partial charge in [-0.2, -0.15) is 0 Å². The summed E-state index contributed by atoms with van der Waals surface area (Å²) in [5.41, 5.74) is 2.32. The average molecular weight is 354 g/mol. The van der Waals surface area contributed by atoms with Crippen LogP contribution in [-0.2, 0) is 0 Å². The lowest BCUT2D eigenvalue weighted by Crippen LogP contribution is -2.43. The second-order valence-electron chi connectivity index (χ2n) is 6.28. The number of carbonyl (C=O) groups excluding carboxylic acids is 1. The summed E-state index contributed by atoms with van der Waals surface area (Å²) in [5, 5.41) is 5.89. The fourth-order valence-electron chi connectivity index (χ4n) is 3.08. The largest absolute Gasteiger partial charge is 0.369 e. The highest BCUT2D eigenvalue weighted by molar-refractivity contribution is 6.04. The molecule has 3 aromatic rings. The maximum atomic E-state index is 14.5. The summed E-state index contributed by atoms with van der Waals surface area (Å²) < 4.78 is 16.2. The van der Waals surface area contributed by atoms with Crippen LogP contribution in [0.2, 0.25) is 0 Å². The summed E-state index contributed by atoms with van der Waals surface area (Å²) in [6.45, 7) is 5.25. The van der Waals surface area contributed by atoms with Crippen LogP contribution in [-0.4, -0.2) is 46.5 Å². The number of hydrogen-bond acceptors (Lipinski definition) is 5. The van der Waals surface area contributed by atoms with Crippen molar-refractivity contribution in [1.82, 2.24) is 19.7 Å². The number of fused-ring (bicyclic) bond motifs is 1. The molecule has 0 saturated carbocycles. The molecule has 134 valence electrons. The van der Waals surface area contributed by atoms with E-state index in [1.807, 2.05) is 13.1 Å². The van der Waals surface area contributed by atoms with Crippen LogP contribution >= 0.6 is 0 Å². The minimum Gasteiger partial charge on any atom is -0.369 e. The number of anilines is 2. The second kappa shape index (κ2) is 6.72. The van der Waals surface area contributed by atoms with Crippen molar-refractivity contribution in [3.05, 3.63) is 53.9 Å². The summed E-state index contributed by atoms with van der Waals surface area (Å²) in [6.07, 6.45) is 5.04. The van der Waals surface area contributed by atoms with Gasteiger partial charge in [0.05, 0.1) is 23.7 Å². The standard InChI is InChI=1S/C18H19FN6O/c1-12-10-25-11-16(21-9-17(25)22-12)23-18(26)14-3-2-13(8-15(14)19)24-6-4-20-5-7-24/h2-3,8-11,20H,4-7H2,1H3,(H,23,26). The molecule has 8 heteroatoms. The molecule has 1 aromatic carbocycles. The van der Waals surface area contributed by atoms with Gasteiger partial charge < -0.3 is 19.9 Å². The molecule has 1 saturated heterocycles. The Kier molecular flexibility index (Phi) is 4.26. The van der Waals surface area contributed by atoms with Gasteiger partial charge >= 0.3 is 0 Å². The van der Waals surface area contributed by atoms with Crippen molar-refractivity contribution in [2.24, 2.45) is 0 Å². The van der Waals surface area contributed by atoms with Crippen LogP contribution < -0.4 is 15.5 Å². The molecule has 0 radical (unpaired) electrons. The van der Waals surface area contributed by atoms with E-state index in [2.05, 4.69) is 25.5 Å². The lowest BCUT2D eigenvalue weighted by molar-refractivity contribution is 0.102. The van der Waals surface area contributed by atoms with Gasteiger partial charge in [0.2, 0.25) is 0 Å². The smallest absolute Gasteiger partial charge is 0.259 e. The van der Waals surface area contributed by atoms with Crippen molar-refractivity contribution in [1.29, 1.82) is 0 Å². The summed E-state index contributed by atoms with van der Waals surface area (Å²) in [6, 6.07) is 4.71. The Balaban J connectivity index is 1.53. The predicted octanol–water partition coefficient (Wildman–Crippen LogP) is 1.84. The zero-order chi connectivity index (χ0) is 18.1. The van der Waals surface area contributed by atoms with E-state index >= 15 is 0 Å². The number of rotatable bonds is 3. The minimum atomic E-state index is -0.543. The van der Waals surface area contributed by atoms with E-state index in [1.54, 1.807) is 22.9 Å². The molecule has 0 aliphatic carbocycles. The quantitative estimate of drug-likeness (QED) is 0.751. The second-order valence-corrected chi connectivity index (χ2v) is 6.28. The van der Waals surface area contributed by atoms with Gasteiger partial charge in [0.15, 0.2) is 5.65 Å². The van der Waals surface area contributed by atoms with E-state index in [-0.39, 0.29) is 5.56 Å². The van der Waals surface area contributed by atoms with Crippen LogP contribution in [0.15, 0.2) is 36.8 Å². The Morgan fingerprint density at radius 3 is 2.85 bits per heavy atom. The van der Waals surface area contributed by atoms with Crippen LogP contribution in [0.1, 0.15) is 16.1 Å². The molecule has 0 spiro atoms. The zero-order valence-electron chi connectivity index (χ0n) is 14.4. The third-order valence-corrected chi connectivity index (χ3v) is 4.38. The topological polar surface area (TPSA) is 74.6 Å². The molecule has 4 rings (SSSR count). The maximum absolute atomic E-state index is 14.5. The molecule has 0 bridgehead atoms. The molecule has 1 fully saturated rings. The number of benzene rings is 1. The molecule has 7 nitrogen and oxygen atoms in total.